The highest BCUT2D eigenvalue weighted by Crippen LogP contribution is 2.43. The van der Waals surface area contributed by atoms with E-state index in [2.05, 4.69) is 0 Å². The van der Waals surface area contributed by atoms with Crippen molar-refractivity contribution in [1.82, 2.24) is 4.90 Å². The summed E-state index contributed by atoms with van der Waals surface area (Å²) in [5, 5.41) is 10.5. The van der Waals surface area contributed by atoms with Gasteiger partial charge in [-0.05, 0) is 48.0 Å². The maximum atomic E-state index is 14.3. The van der Waals surface area contributed by atoms with Crippen LogP contribution in [0.2, 0.25) is 0 Å². The van der Waals surface area contributed by atoms with Crippen LogP contribution in [0.25, 0.3) is 10.1 Å². The molecule has 0 saturated carbocycles. The molecule has 1 aliphatic rings. The van der Waals surface area contributed by atoms with Gasteiger partial charge in [-0.2, -0.15) is 0 Å². The number of carbonyl (C=O) groups is 1. The highest BCUT2D eigenvalue weighted by molar-refractivity contribution is 7.21. The standard InChI is InChI=1S/C26H20F3NO3S/c27-21-4-2-1-3-19(21)23(32)25-24(20-10-7-17(31)11-22(20)34-25)33-18-8-5-15(6-9-18)12-30-13-16(14-30)26(28)29/h1-11,16,26,31H,12-14H2. The molecule has 8 heteroatoms. The van der Waals surface area contributed by atoms with Crippen LogP contribution in [0.1, 0.15) is 20.8 Å². The van der Waals surface area contributed by atoms with E-state index in [0.29, 0.717) is 41.2 Å². The van der Waals surface area contributed by atoms with Crippen molar-refractivity contribution in [2.45, 2.75) is 13.0 Å². The number of phenolic OH excluding ortho intramolecular Hbond substituents is 1. The molecule has 5 rings (SSSR count). The monoisotopic (exact) mass is 483 g/mol. The van der Waals surface area contributed by atoms with E-state index >= 15 is 0 Å². The normalized spacial score (nSPS) is 14.5. The molecule has 2 heterocycles. The lowest BCUT2D eigenvalue weighted by Crippen LogP contribution is -2.49. The molecular formula is C26H20F3NO3S. The Morgan fingerprint density at radius 3 is 2.53 bits per heavy atom. The number of nitrogens with zero attached hydrogens (tertiary/aromatic N) is 1. The van der Waals surface area contributed by atoms with E-state index in [4.69, 9.17) is 4.74 Å². The molecule has 3 aromatic carbocycles. The van der Waals surface area contributed by atoms with E-state index in [-0.39, 0.29) is 16.2 Å². The van der Waals surface area contributed by atoms with Gasteiger partial charge in [0.1, 0.15) is 22.2 Å². The van der Waals surface area contributed by atoms with Gasteiger partial charge in [-0.25, -0.2) is 13.2 Å². The van der Waals surface area contributed by atoms with E-state index < -0.39 is 23.9 Å². The summed E-state index contributed by atoms with van der Waals surface area (Å²) in [4.78, 5) is 15.4. The number of benzene rings is 3. The first kappa shape index (κ1) is 22.4. The molecule has 0 spiro atoms. The maximum absolute atomic E-state index is 14.3. The molecule has 0 radical (unpaired) electrons. The Hall–Kier alpha value is -3.36. The van der Waals surface area contributed by atoms with E-state index in [1.54, 1.807) is 24.3 Å². The van der Waals surface area contributed by atoms with Gasteiger partial charge < -0.3 is 9.84 Å². The molecule has 0 aliphatic carbocycles. The molecule has 1 N–H and O–H groups in total. The van der Waals surface area contributed by atoms with E-state index in [9.17, 15) is 23.1 Å². The Labute approximate surface area is 197 Å². The third kappa shape index (κ3) is 4.38. The van der Waals surface area contributed by atoms with Crippen molar-refractivity contribution in [2.75, 3.05) is 13.1 Å². The van der Waals surface area contributed by atoms with Gasteiger partial charge in [-0.1, -0.05) is 24.3 Å². The lowest BCUT2D eigenvalue weighted by molar-refractivity contribution is -0.0279. The molecular weight excluding hydrogens is 463 g/mol. The number of ketones is 1. The molecule has 0 bridgehead atoms. The number of aromatic hydroxyl groups is 1. The van der Waals surface area contributed by atoms with Gasteiger partial charge in [0.2, 0.25) is 12.2 Å². The number of alkyl halides is 2. The zero-order chi connectivity index (χ0) is 23.8. The summed E-state index contributed by atoms with van der Waals surface area (Å²) in [6.07, 6.45) is -2.28. The van der Waals surface area contributed by atoms with Crippen molar-refractivity contribution in [1.29, 1.82) is 0 Å². The van der Waals surface area contributed by atoms with Crippen LogP contribution in [0.3, 0.4) is 0 Å². The second-order valence-corrected chi connectivity index (χ2v) is 9.34. The smallest absolute Gasteiger partial charge is 0.243 e. The molecule has 0 unspecified atom stereocenters. The molecule has 1 fully saturated rings. The van der Waals surface area contributed by atoms with Gasteiger partial charge >= 0.3 is 0 Å². The lowest BCUT2D eigenvalue weighted by atomic mass is 10.00. The zero-order valence-corrected chi connectivity index (χ0v) is 18.7. The van der Waals surface area contributed by atoms with Crippen molar-refractivity contribution in [3.8, 4) is 17.2 Å². The van der Waals surface area contributed by atoms with Crippen LogP contribution in [0.15, 0.2) is 66.7 Å². The average Bonchev–Trinajstić information content (AvgIpc) is 3.14. The van der Waals surface area contributed by atoms with Gasteiger partial charge in [0, 0.05) is 35.6 Å². The minimum absolute atomic E-state index is 0.0506. The number of ether oxygens (including phenoxy) is 1. The summed E-state index contributed by atoms with van der Waals surface area (Å²) < 4.78 is 46.4. The summed E-state index contributed by atoms with van der Waals surface area (Å²) in [7, 11) is 0. The number of carbonyl (C=O) groups excluding carboxylic acids is 1. The minimum atomic E-state index is -2.28. The van der Waals surface area contributed by atoms with Gasteiger partial charge in [-0.15, -0.1) is 11.3 Å². The number of fused-ring (bicyclic) bond motifs is 1. The second kappa shape index (κ2) is 9.12. The van der Waals surface area contributed by atoms with Gasteiger partial charge in [0.05, 0.1) is 5.56 Å². The minimum Gasteiger partial charge on any atom is -0.508 e. The Balaban J connectivity index is 1.41. The number of thiophene rings is 1. The van der Waals surface area contributed by atoms with Crippen LogP contribution in [0, 0.1) is 11.7 Å². The fourth-order valence-corrected chi connectivity index (χ4v) is 5.13. The summed E-state index contributed by atoms with van der Waals surface area (Å²) in [6.45, 7) is 1.33. The summed E-state index contributed by atoms with van der Waals surface area (Å²) >= 11 is 1.12. The van der Waals surface area contributed by atoms with Gasteiger partial charge in [0.15, 0.2) is 5.75 Å². The van der Waals surface area contributed by atoms with Crippen LogP contribution >= 0.6 is 11.3 Å². The number of halogens is 3. The maximum Gasteiger partial charge on any atom is 0.243 e. The third-order valence-electron chi connectivity index (χ3n) is 5.84. The third-order valence-corrected chi connectivity index (χ3v) is 6.98. The van der Waals surface area contributed by atoms with Crippen LogP contribution < -0.4 is 4.74 Å². The number of phenols is 1. The molecule has 1 saturated heterocycles. The van der Waals surface area contributed by atoms with Crippen LogP contribution in [-0.2, 0) is 6.54 Å². The Morgan fingerprint density at radius 2 is 1.82 bits per heavy atom. The molecule has 174 valence electrons. The van der Waals surface area contributed by atoms with Crippen LogP contribution in [0.4, 0.5) is 13.2 Å². The molecule has 4 aromatic rings. The lowest BCUT2D eigenvalue weighted by Gasteiger charge is -2.38. The number of likely N-dealkylation sites (tertiary alicyclic amines) is 1. The van der Waals surface area contributed by atoms with Crippen LogP contribution in [0.5, 0.6) is 17.2 Å². The molecule has 34 heavy (non-hydrogen) atoms. The number of hydrogen-bond acceptors (Lipinski definition) is 5. The first-order chi connectivity index (χ1) is 16.4. The first-order valence-electron chi connectivity index (χ1n) is 10.7. The van der Waals surface area contributed by atoms with Gasteiger partial charge in [0.25, 0.3) is 0 Å². The fraction of sp³-hybridized carbons (Fsp3) is 0.192. The average molecular weight is 484 g/mol. The van der Waals surface area contributed by atoms with Gasteiger partial charge in [-0.3, -0.25) is 9.69 Å². The topological polar surface area (TPSA) is 49.8 Å². The number of hydrogen-bond donors (Lipinski definition) is 1. The predicted octanol–water partition coefficient (Wildman–Crippen LogP) is 6.47. The Kier molecular flexibility index (Phi) is 6.02. The molecule has 1 aromatic heterocycles. The Bertz CT molecular complexity index is 1350. The summed E-state index contributed by atoms with van der Waals surface area (Å²) in [6, 6.07) is 17.7. The second-order valence-electron chi connectivity index (χ2n) is 8.28. The fourth-order valence-electron chi connectivity index (χ4n) is 4.02. The zero-order valence-electron chi connectivity index (χ0n) is 17.9. The summed E-state index contributed by atoms with van der Waals surface area (Å²) in [5.41, 5.74) is 0.901. The highest BCUT2D eigenvalue weighted by atomic mass is 32.1. The van der Waals surface area contributed by atoms with Crippen molar-refractivity contribution in [3.63, 3.8) is 0 Å². The quantitative estimate of drug-likeness (QED) is 0.306. The highest BCUT2D eigenvalue weighted by Gasteiger charge is 2.33. The first-order valence-corrected chi connectivity index (χ1v) is 11.5. The molecule has 0 atom stereocenters. The Morgan fingerprint density at radius 1 is 1.09 bits per heavy atom. The van der Waals surface area contributed by atoms with Crippen LogP contribution in [-0.4, -0.2) is 35.3 Å². The SMILES string of the molecule is O=C(c1ccccc1F)c1sc2cc(O)ccc2c1Oc1ccc(CN2CC(C(F)F)C2)cc1. The van der Waals surface area contributed by atoms with Crippen molar-refractivity contribution in [3.05, 3.63) is 88.6 Å². The van der Waals surface area contributed by atoms with E-state index in [0.717, 1.165) is 16.9 Å². The van der Waals surface area contributed by atoms with Crippen molar-refractivity contribution >= 4 is 27.2 Å². The van der Waals surface area contributed by atoms with Crippen molar-refractivity contribution in [2.24, 2.45) is 5.92 Å². The number of rotatable bonds is 7. The van der Waals surface area contributed by atoms with E-state index in [1.165, 1.54) is 30.3 Å². The molecule has 4 nitrogen and oxygen atoms in total. The predicted molar refractivity (Wildman–Crippen MR) is 125 cm³/mol. The summed E-state index contributed by atoms with van der Waals surface area (Å²) in [5.74, 6) is -0.856. The van der Waals surface area contributed by atoms with E-state index in [1.807, 2.05) is 17.0 Å². The largest absolute Gasteiger partial charge is 0.508 e. The molecule has 0 amide bonds. The van der Waals surface area contributed by atoms with Crippen molar-refractivity contribution < 1.29 is 27.8 Å². The molecule has 1 aliphatic heterocycles.